The van der Waals surface area contributed by atoms with Crippen LogP contribution in [0.5, 0.6) is 0 Å². The van der Waals surface area contributed by atoms with Crippen LogP contribution in [0.15, 0.2) is 47.4 Å². The molecule has 0 bridgehead atoms. The molecule has 1 amide bonds. The van der Waals surface area contributed by atoms with Gasteiger partial charge in [0.2, 0.25) is 0 Å². The van der Waals surface area contributed by atoms with E-state index < -0.39 is 5.82 Å². The third-order valence-electron chi connectivity index (χ3n) is 3.83. The Bertz CT molecular complexity index is 775. The summed E-state index contributed by atoms with van der Waals surface area (Å²) < 4.78 is 14.1. The fourth-order valence-electron chi connectivity index (χ4n) is 2.70. The van der Waals surface area contributed by atoms with Crippen LogP contribution in [0.4, 0.5) is 10.1 Å². The predicted octanol–water partition coefficient (Wildman–Crippen LogP) is 4.17. The molecule has 2 aromatic rings. The summed E-state index contributed by atoms with van der Waals surface area (Å²) in [4.78, 5) is 27.1. The van der Waals surface area contributed by atoms with Gasteiger partial charge in [-0.25, -0.2) is 4.39 Å². The number of halogens is 1. The zero-order valence-electron chi connectivity index (χ0n) is 12.7. The average Bonchev–Trinajstić information content (AvgIpc) is 2.57. The number of carbonyl (C=O) groups excluding carboxylic acids is 2. The summed E-state index contributed by atoms with van der Waals surface area (Å²) in [7, 11) is 0. The van der Waals surface area contributed by atoms with Crippen molar-refractivity contribution in [1.29, 1.82) is 0 Å². The lowest BCUT2D eigenvalue weighted by Gasteiger charge is -2.24. The first-order valence-corrected chi connectivity index (χ1v) is 8.47. The first-order valence-electron chi connectivity index (χ1n) is 7.49. The number of hydrogen-bond acceptors (Lipinski definition) is 3. The Balaban J connectivity index is 2.05. The van der Waals surface area contributed by atoms with Crippen LogP contribution in [0, 0.1) is 5.82 Å². The maximum Gasteiger partial charge on any atom is 0.259 e. The number of para-hydroxylation sites is 1. The highest BCUT2D eigenvalue weighted by Gasteiger charge is 2.26. The molecular weight excluding hydrogens is 313 g/mol. The smallest absolute Gasteiger partial charge is 0.259 e. The van der Waals surface area contributed by atoms with Crippen molar-refractivity contribution in [1.82, 2.24) is 0 Å². The van der Waals surface area contributed by atoms with Crippen molar-refractivity contribution < 1.29 is 14.0 Å². The molecule has 0 saturated heterocycles. The number of hydrogen-bond donors (Lipinski definition) is 0. The molecule has 0 atom stereocenters. The number of ketones is 1. The topological polar surface area (TPSA) is 37.4 Å². The van der Waals surface area contributed by atoms with Gasteiger partial charge in [0.15, 0.2) is 5.78 Å². The standard InChI is InChI=1S/C18H16FNO2S/c1-2-20(15-9-4-3-8-14(15)19)18(22)13-7-5-6-12-16(21)10-11-23-17(12)13/h3-9H,2,10-11H2,1H3. The Hall–Kier alpha value is -2.14. The van der Waals surface area contributed by atoms with Crippen LogP contribution >= 0.6 is 11.8 Å². The molecule has 3 rings (SSSR count). The fraction of sp³-hybridized carbons (Fsp3) is 0.222. The van der Waals surface area contributed by atoms with E-state index in [0.717, 1.165) is 0 Å². The zero-order chi connectivity index (χ0) is 16.4. The van der Waals surface area contributed by atoms with Crippen LogP contribution in [0.25, 0.3) is 0 Å². The molecule has 0 aliphatic carbocycles. The maximum atomic E-state index is 14.1. The maximum absolute atomic E-state index is 14.1. The molecule has 0 spiro atoms. The number of amides is 1. The van der Waals surface area contributed by atoms with E-state index in [0.29, 0.717) is 34.7 Å². The molecule has 1 aliphatic rings. The van der Waals surface area contributed by atoms with Gasteiger partial charge in [-0.1, -0.05) is 24.3 Å². The quantitative estimate of drug-likeness (QED) is 0.848. The second kappa shape index (κ2) is 6.54. The van der Waals surface area contributed by atoms with Gasteiger partial charge in [0.25, 0.3) is 5.91 Å². The molecule has 5 heteroatoms. The molecule has 0 aromatic heterocycles. The van der Waals surface area contributed by atoms with E-state index in [1.165, 1.54) is 22.7 Å². The Labute approximate surface area is 138 Å². The Morgan fingerprint density at radius 1 is 1.22 bits per heavy atom. The minimum absolute atomic E-state index is 0.0577. The first-order chi connectivity index (χ1) is 11.1. The lowest BCUT2D eigenvalue weighted by Crippen LogP contribution is -2.32. The van der Waals surface area contributed by atoms with E-state index in [-0.39, 0.29) is 17.4 Å². The fourth-order valence-corrected chi connectivity index (χ4v) is 3.84. The van der Waals surface area contributed by atoms with Crippen LogP contribution in [-0.4, -0.2) is 24.0 Å². The molecule has 0 radical (unpaired) electrons. The molecule has 118 valence electrons. The van der Waals surface area contributed by atoms with Crippen molar-refractivity contribution >= 4 is 29.1 Å². The highest BCUT2D eigenvalue weighted by molar-refractivity contribution is 7.99. The number of thioether (sulfide) groups is 1. The summed E-state index contributed by atoms with van der Waals surface area (Å²) in [5.74, 6) is 0.0114. The molecule has 3 nitrogen and oxygen atoms in total. The normalized spacial score (nSPS) is 13.6. The highest BCUT2D eigenvalue weighted by atomic mass is 32.2. The van der Waals surface area contributed by atoms with Gasteiger partial charge in [0, 0.05) is 29.2 Å². The number of fused-ring (bicyclic) bond motifs is 1. The number of rotatable bonds is 3. The molecule has 0 fully saturated rings. The summed E-state index contributed by atoms with van der Waals surface area (Å²) in [6.45, 7) is 2.15. The molecule has 0 saturated carbocycles. The van der Waals surface area contributed by atoms with Crippen LogP contribution in [0.2, 0.25) is 0 Å². The Kier molecular flexibility index (Phi) is 4.48. The highest BCUT2D eigenvalue weighted by Crippen LogP contribution is 2.34. The van der Waals surface area contributed by atoms with Crippen LogP contribution in [0.1, 0.15) is 34.1 Å². The number of Topliss-reactive ketones (excluding diaryl/α,β-unsaturated/α-hetero) is 1. The zero-order valence-corrected chi connectivity index (χ0v) is 13.5. The molecular formula is C18H16FNO2S. The van der Waals surface area contributed by atoms with E-state index in [1.54, 1.807) is 43.3 Å². The first kappa shape index (κ1) is 15.7. The SMILES string of the molecule is CCN(C(=O)c1cccc2c1SCCC2=O)c1ccccc1F. The molecule has 0 N–H and O–H groups in total. The second-order valence-corrected chi connectivity index (χ2v) is 6.31. The van der Waals surface area contributed by atoms with Gasteiger partial charge in [0.05, 0.1) is 11.3 Å². The second-order valence-electron chi connectivity index (χ2n) is 5.20. The summed E-state index contributed by atoms with van der Waals surface area (Å²) in [5, 5.41) is 0. The molecule has 23 heavy (non-hydrogen) atoms. The minimum Gasteiger partial charge on any atom is -0.306 e. The lowest BCUT2D eigenvalue weighted by atomic mass is 10.0. The number of nitrogens with zero attached hydrogens (tertiary/aromatic N) is 1. The van der Waals surface area contributed by atoms with Gasteiger partial charge in [-0.15, -0.1) is 11.8 Å². The van der Waals surface area contributed by atoms with Crippen molar-refractivity contribution in [3.8, 4) is 0 Å². The van der Waals surface area contributed by atoms with Crippen molar-refractivity contribution in [2.75, 3.05) is 17.2 Å². The predicted molar refractivity (Wildman–Crippen MR) is 89.9 cm³/mol. The summed E-state index contributed by atoms with van der Waals surface area (Å²) in [5.41, 5.74) is 1.31. The van der Waals surface area contributed by atoms with Crippen LogP contribution < -0.4 is 4.90 Å². The Morgan fingerprint density at radius 3 is 2.74 bits per heavy atom. The molecule has 1 heterocycles. The molecule has 2 aromatic carbocycles. The minimum atomic E-state index is -0.434. The number of anilines is 1. The van der Waals surface area contributed by atoms with Crippen molar-refractivity contribution in [3.63, 3.8) is 0 Å². The van der Waals surface area contributed by atoms with E-state index in [1.807, 2.05) is 0 Å². The number of benzene rings is 2. The van der Waals surface area contributed by atoms with Crippen molar-refractivity contribution in [2.24, 2.45) is 0 Å². The summed E-state index contributed by atoms with van der Waals surface area (Å²) >= 11 is 1.51. The third-order valence-corrected chi connectivity index (χ3v) is 4.96. The Morgan fingerprint density at radius 2 is 2.00 bits per heavy atom. The van der Waals surface area contributed by atoms with Gasteiger partial charge in [-0.3, -0.25) is 9.59 Å². The van der Waals surface area contributed by atoms with E-state index in [9.17, 15) is 14.0 Å². The molecule has 1 aliphatic heterocycles. The molecule has 0 unspecified atom stereocenters. The third kappa shape index (κ3) is 2.88. The van der Waals surface area contributed by atoms with Crippen molar-refractivity contribution in [2.45, 2.75) is 18.2 Å². The van der Waals surface area contributed by atoms with E-state index in [2.05, 4.69) is 0 Å². The van der Waals surface area contributed by atoms with Crippen LogP contribution in [-0.2, 0) is 0 Å². The van der Waals surface area contributed by atoms with Gasteiger partial charge in [-0.05, 0) is 25.1 Å². The van der Waals surface area contributed by atoms with E-state index >= 15 is 0 Å². The van der Waals surface area contributed by atoms with E-state index in [4.69, 9.17) is 0 Å². The average molecular weight is 329 g/mol. The van der Waals surface area contributed by atoms with Gasteiger partial charge in [-0.2, -0.15) is 0 Å². The van der Waals surface area contributed by atoms with Gasteiger partial charge < -0.3 is 4.90 Å². The van der Waals surface area contributed by atoms with Gasteiger partial charge in [0.1, 0.15) is 5.82 Å². The largest absolute Gasteiger partial charge is 0.306 e. The summed E-state index contributed by atoms with van der Waals surface area (Å²) in [6, 6.07) is 11.4. The summed E-state index contributed by atoms with van der Waals surface area (Å²) in [6.07, 6.45) is 0.486. The number of carbonyl (C=O) groups is 2. The van der Waals surface area contributed by atoms with Gasteiger partial charge >= 0.3 is 0 Å². The van der Waals surface area contributed by atoms with Crippen molar-refractivity contribution in [3.05, 3.63) is 59.4 Å². The van der Waals surface area contributed by atoms with Crippen LogP contribution in [0.3, 0.4) is 0 Å². The monoisotopic (exact) mass is 329 g/mol. The lowest BCUT2D eigenvalue weighted by molar-refractivity contribution is 0.0981.